The molecule has 0 bridgehead atoms. The lowest BCUT2D eigenvalue weighted by Gasteiger charge is -2.16. The number of fused-ring (bicyclic) bond motifs is 1. The first-order chi connectivity index (χ1) is 10.0. The van der Waals surface area contributed by atoms with Crippen LogP contribution in [0.25, 0.3) is 6.08 Å². The largest absolute Gasteiger partial charge is 0.396 e. The van der Waals surface area contributed by atoms with Crippen molar-refractivity contribution < 1.29 is 9.18 Å². The van der Waals surface area contributed by atoms with Gasteiger partial charge in [-0.2, -0.15) is 0 Å². The van der Waals surface area contributed by atoms with Gasteiger partial charge in [-0.05, 0) is 24.3 Å². The van der Waals surface area contributed by atoms with Gasteiger partial charge in [0.25, 0.3) is 0 Å². The van der Waals surface area contributed by atoms with Crippen molar-refractivity contribution in [1.29, 1.82) is 0 Å². The van der Waals surface area contributed by atoms with Gasteiger partial charge in [-0.3, -0.25) is 4.79 Å². The van der Waals surface area contributed by atoms with Crippen LogP contribution in [-0.4, -0.2) is 15.8 Å². The molecule has 3 rings (SSSR count). The van der Waals surface area contributed by atoms with Gasteiger partial charge < -0.3 is 11.1 Å². The topological polar surface area (TPSA) is 80.9 Å². The lowest BCUT2D eigenvalue weighted by molar-refractivity contribution is -0.115. The van der Waals surface area contributed by atoms with Crippen molar-refractivity contribution in [3.63, 3.8) is 0 Å². The third-order valence-corrected chi connectivity index (χ3v) is 3.39. The van der Waals surface area contributed by atoms with Gasteiger partial charge in [-0.1, -0.05) is 11.6 Å². The molecule has 5 nitrogen and oxygen atoms in total. The first-order valence-electron chi connectivity index (χ1n) is 6.11. The number of aromatic nitrogens is 2. The Kier molecular flexibility index (Phi) is 3.31. The zero-order valence-corrected chi connectivity index (χ0v) is 11.5. The molecule has 0 radical (unpaired) electrons. The van der Waals surface area contributed by atoms with E-state index in [-0.39, 0.29) is 22.9 Å². The molecule has 0 saturated heterocycles. The number of hydrogen-bond donors (Lipinski definition) is 2. The maximum atomic E-state index is 13.2. The summed E-state index contributed by atoms with van der Waals surface area (Å²) in [5, 5.41) is 3.03. The first-order valence-corrected chi connectivity index (χ1v) is 6.48. The Hall–Kier alpha value is -2.47. The Bertz CT molecular complexity index is 776. The fourth-order valence-corrected chi connectivity index (χ4v) is 2.21. The molecular formula is C14H10ClFN4O. The van der Waals surface area contributed by atoms with Gasteiger partial charge in [0.15, 0.2) is 5.78 Å². The zero-order chi connectivity index (χ0) is 15.0. The first kappa shape index (κ1) is 13.5. The Labute approximate surface area is 124 Å². The van der Waals surface area contributed by atoms with Gasteiger partial charge in [0.05, 0.1) is 22.8 Å². The smallest absolute Gasteiger partial charge is 0.184 e. The minimum Gasteiger partial charge on any atom is -0.396 e. The van der Waals surface area contributed by atoms with Crippen molar-refractivity contribution >= 4 is 35.0 Å². The Morgan fingerprint density at radius 2 is 2.14 bits per heavy atom. The molecule has 0 saturated carbocycles. The summed E-state index contributed by atoms with van der Waals surface area (Å²) in [6.45, 7) is 0. The van der Waals surface area contributed by atoms with Crippen LogP contribution in [0.15, 0.2) is 30.2 Å². The van der Waals surface area contributed by atoms with E-state index in [0.717, 1.165) is 0 Å². The number of anilines is 2. The van der Waals surface area contributed by atoms with Crippen LogP contribution in [0.3, 0.4) is 0 Å². The van der Waals surface area contributed by atoms with Crippen LogP contribution in [0.4, 0.5) is 15.9 Å². The van der Waals surface area contributed by atoms with Crippen LogP contribution in [0.1, 0.15) is 11.3 Å². The lowest BCUT2D eigenvalue weighted by Crippen LogP contribution is -2.20. The third kappa shape index (κ3) is 2.57. The molecule has 3 N–H and O–H groups in total. The van der Waals surface area contributed by atoms with E-state index in [4.69, 9.17) is 17.3 Å². The van der Waals surface area contributed by atoms with Crippen molar-refractivity contribution in [2.24, 2.45) is 5.73 Å². The lowest BCUT2D eigenvalue weighted by atomic mass is 10.00. The zero-order valence-electron chi connectivity index (χ0n) is 10.7. The van der Waals surface area contributed by atoms with Crippen molar-refractivity contribution in [1.82, 2.24) is 9.97 Å². The summed E-state index contributed by atoms with van der Waals surface area (Å²) < 4.78 is 13.2. The van der Waals surface area contributed by atoms with E-state index in [9.17, 15) is 9.18 Å². The van der Waals surface area contributed by atoms with E-state index >= 15 is 0 Å². The van der Waals surface area contributed by atoms with Gasteiger partial charge in [-0.15, -0.1) is 0 Å². The Morgan fingerprint density at radius 1 is 1.33 bits per heavy atom. The summed E-state index contributed by atoms with van der Waals surface area (Å²) in [4.78, 5) is 19.8. The predicted octanol–water partition coefficient (Wildman–Crippen LogP) is 2.44. The highest BCUT2D eigenvalue weighted by atomic mass is 35.5. The molecule has 106 valence electrons. The maximum Gasteiger partial charge on any atom is 0.184 e. The standard InChI is InChI=1S/C14H10ClFN4O/c15-9-3-7(1-2-10(9)16)20-14-8-4-11(17)13(21)5-12(8)18-6-19-14/h1-4,6H,5,17H2,(H,18,19,20). The van der Waals surface area contributed by atoms with Gasteiger partial charge >= 0.3 is 0 Å². The summed E-state index contributed by atoms with van der Waals surface area (Å²) in [5.74, 6) is -0.184. The second kappa shape index (κ2) is 5.14. The van der Waals surface area contributed by atoms with Gasteiger partial charge in [0.1, 0.15) is 18.0 Å². The molecule has 1 aromatic carbocycles. The van der Waals surface area contributed by atoms with Crippen LogP contribution >= 0.6 is 11.6 Å². The van der Waals surface area contributed by atoms with Gasteiger partial charge in [-0.25, -0.2) is 14.4 Å². The Balaban J connectivity index is 2.00. The second-order valence-corrected chi connectivity index (χ2v) is 4.94. The molecule has 1 aliphatic rings. The van der Waals surface area contributed by atoms with Crippen molar-refractivity contribution in [3.05, 3.63) is 52.3 Å². The third-order valence-electron chi connectivity index (χ3n) is 3.10. The molecule has 0 fully saturated rings. The fraction of sp³-hybridized carbons (Fsp3) is 0.0714. The average molecular weight is 305 g/mol. The molecule has 0 atom stereocenters. The number of ketones is 1. The van der Waals surface area contributed by atoms with Crippen LogP contribution in [0, 0.1) is 5.82 Å². The summed E-state index contributed by atoms with van der Waals surface area (Å²) in [6, 6.07) is 4.25. The minimum atomic E-state index is -0.498. The summed E-state index contributed by atoms with van der Waals surface area (Å²) in [6.07, 6.45) is 3.03. The van der Waals surface area contributed by atoms with E-state index in [0.29, 0.717) is 22.8 Å². The highest BCUT2D eigenvalue weighted by Gasteiger charge is 2.20. The summed E-state index contributed by atoms with van der Waals surface area (Å²) >= 11 is 5.74. The number of benzene rings is 1. The predicted molar refractivity (Wildman–Crippen MR) is 77.6 cm³/mol. The average Bonchev–Trinajstić information content (AvgIpc) is 2.45. The van der Waals surface area contributed by atoms with Crippen molar-refractivity contribution in [2.75, 3.05) is 5.32 Å². The summed E-state index contributed by atoms with van der Waals surface area (Å²) in [7, 11) is 0. The number of nitrogens with zero attached hydrogens (tertiary/aromatic N) is 2. The molecule has 0 spiro atoms. The van der Waals surface area contributed by atoms with E-state index in [2.05, 4.69) is 15.3 Å². The van der Waals surface area contributed by atoms with Crippen LogP contribution in [0.5, 0.6) is 0 Å². The van der Waals surface area contributed by atoms with E-state index < -0.39 is 5.82 Å². The minimum absolute atomic E-state index is 0.00755. The Morgan fingerprint density at radius 3 is 2.90 bits per heavy atom. The van der Waals surface area contributed by atoms with Crippen LogP contribution < -0.4 is 11.1 Å². The number of carbonyl (C=O) groups excluding carboxylic acids is 1. The number of Topliss-reactive ketones (excluding diaryl/α,β-unsaturated/α-hetero) is 1. The number of nitrogens with two attached hydrogens (primary N) is 1. The molecule has 2 aromatic rings. The number of halogens is 2. The van der Waals surface area contributed by atoms with Crippen LogP contribution in [0.2, 0.25) is 5.02 Å². The number of rotatable bonds is 2. The maximum absolute atomic E-state index is 13.2. The van der Waals surface area contributed by atoms with Gasteiger partial charge in [0, 0.05) is 11.3 Å². The number of allylic oxidation sites excluding steroid dienone is 1. The van der Waals surface area contributed by atoms with Crippen molar-refractivity contribution in [2.45, 2.75) is 6.42 Å². The van der Waals surface area contributed by atoms with E-state index in [1.165, 1.54) is 30.6 Å². The monoisotopic (exact) mass is 304 g/mol. The molecule has 0 amide bonds. The number of carbonyl (C=O) groups is 1. The number of nitrogens with one attached hydrogen (secondary N) is 1. The molecule has 0 unspecified atom stereocenters. The van der Waals surface area contributed by atoms with E-state index in [1.54, 1.807) is 0 Å². The molecule has 7 heteroatoms. The second-order valence-electron chi connectivity index (χ2n) is 4.54. The highest BCUT2D eigenvalue weighted by Crippen LogP contribution is 2.27. The van der Waals surface area contributed by atoms with E-state index in [1.807, 2.05) is 0 Å². The van der Waals surface area contributed by atoms with Crippen LogP contribution in [-0.2, 0) is 11.2 Å². The quantitative estimate of drug-likeness (QED) is 0.890. The van der Waals surface area contributed by atoms with Crippen molar-refractivity contribution in [3.8, 4) is 0 Å². The molecule has 1 aromatic heterocycles. The molecule has 21 heavy (non-hydrogen) atoms. The molecule has 1 heterocycles. The molecule has 1 aliphatic carbocycles. The molecule has 0 aliphatic heterocycles. The number of hydrogen-bond acceptors (Lipinski definition) is 5. The normalized spacial score (nSPS) is 13.6. The highest BCUT2D eigenvalue weighted by molar-refractivity contribution is 6.31. The fourth-order valence-electron chi connectivity index (χ4n) is 2.02. The SMILES string of the molecule is NC1=Cc2c(ncnc2Nc2ccc(F)c(Cl)c2)CC1=O. The van der Waals surface area contributed by atoms with Gasteiger partial charge in [0.2, 0.25) is 0 Å². The summed E-state index contributed by atoms with van der Waals surface area (Å²) in [5.41, 5.74) is 7.64. The molecular weight excluding hydrogens is 295 g/mol.